The molecule has 7 nitrogen and oxygen atoms in total. The molecule has 0 bridgehead atoms. The van der Waals surface area contributed by atoms with E-state index in [0.29, 0.717) is 24.2 Å². The Morgan fingerprint density at radius 3 is 2.80 bits per heavy atom. The molecule has 2 aromatic rings. The fraction of sp³-hybridized carbons (Fsp3) is 0.462. The summed E-state index contributed by atoms with van der Waals surface area (Å²) in [4.78, 5) is 28.4. The minimum Gasteiger partial charge on any atom is -0.369 e. The number of nitrogens with one attached hydrogen (secondary N) is 1. The minimum atomic E-state index is -0.380. The molecule has 1 aliphatic heterocycles. The standard InChI is InChI=1S/C13H16N4O3/c1-16-11-8(12(18)17(2)13(16)19)3-4-9(15-11)10-7-14-5-6-20-10/h3-4,10,14H,5-7H2,1-2H3. The second-order valence-corrected chi connectivity index (χ2v) is 4.88. The fourth-order valence-electron chi connectivity index (χ4n) is 2.40. The largest absolute Gasteiger partial charge is 0.369 e. The maximum Gasteiger partial charge on any atom is 0.332 e. The lowest BCUT2D eigenvalue weighted by Crippen LogP contribution is -2.38. The quantitative estimate of drug-likeness (QED) is 0.744. The summed E-state index contributed by atoms with van der Waals surface area (Å²) in [6, 6.07) is 3.49. The molecule has 0 saturated carbocycles. The Labute approximate surface area is 114 Å². The first-order valence-corrected chi connectivity index (χ1v) is 6.48. The van der Waals surface area contributed by atoms with Crippen molar-refractivity contribution in [3.8, 4) is 0 Å². The van der Waals surface area contributed by atoms with Gasteiger partial charge < -0.3 is 10.1 Å². The second kappa shape index (κ2) is 4.84. The molecule has 1 saturated heterocycles. The molecule has 20 heavy (non-hydrogen) atoms. The van der Waals surface area contributed by atoms with Crippen molar-refractivity contribution in [2.75, 3.05) is 19.7 Å². The van der Waals surface area contributed by atoms with Gasteiger partial charge in [-0.25, -0.2) is 9.78 Å². The third-order valence-corrected chi connectivity index (χ3v) is 3.58. The van der Waals surface area contributed by atoms with Crippen LogP contribution in [0.5, 0.6) is 0 Å². The SMILES string of the molecule is Cn1c(=O)c2ccc(C3CNCCO3)nc2n(C)c1=O. The van der Waals surface area contributed by atoms with Crippen molar-refractivity contribution in [3.05, 3.63) is 38.7 Å². The van der Waals surface area contributed by atoms with E-state index in [1.165, 1.54) is 11.6 Å². The van der Waals surface area contributed by atoms with Gasteiger partial charge in [0.25, 0.3) is 5.56 Å². The maximum absolute atomic E-state index is 12.1. The van der Waals surface area contributed by atoms with Crippen molar-refractivity contribution in [1.29, 1.82) is 0 Å². The van der Waals surface area contributed by atoms with Crippen molar-refractivity contribution in [3.63, 3.8) is 0 Å². The van der Waals surface area contributed by atoms with Crippen LogP contribution in [0, 0.1) is 0 Å². The van der Waals surface area contributed by atoms with Crippen molar-refractivity contribution in [2.24, 2.45) is 14.1 Å². The first-order chi connectivity index (χ1) is 9.59. The smallest absolute Gasteiger partial charge is 0.332 e. The Morgan fingerprint density at radius 1 is 1.30 bits per heavy atom. The van der Waals surface area contributed by atoms with Crippen molar-refractivity contribution >= 4 is 11.0 Å². The van der Waals surface area contributed by atoms with Crippen molar-refractivity contribution in [1.82, 2.24) is 19.4 Å². The molecule has 106 valence electrons. The number of fused-ring (bicyclic) bond motifs is 1. The number of ether oxygens (including phenoxy) is 1. The molecule has 1 fully saturated rings. The van der Waals surface area contributed by atoms with Gasteiger partial charge >= 0.3 is 5.69 Å². The first kappa shape index (κ1) is 13.0. The summed E-state index contributed by atoms with van der Waals surface area (Å²) < 4.78 is 8.11. The highest BCUT2D eigenvalue weighted by molar-refractivity contribution is 5.73. The molecule has 1 unspecified atom stereocenters. The number of pyridine rings is 1. The summed E-state index contributed by atoms with van der Waals surface area (Å²) in [7, 11) is 3.08. The van der Waals surface area contributed by atoms with Gasteiger partial charge in [-0.05, 0) is 12.1 Å². The van der Waals surface area contributed by atoms with Gasteiger partial charge in [0.1, 0.15) is 11.8 Å². The zero-order valence-electron chi connectivity index (χ0n) is 11.4. The van der Waals surface area contributed by atoms with E-state index in [-0.39, 0.29) is 17.4 Å². The van der Waals surface area contributed by atoms with Crippen LogP contribution in [0.15, 0.2) is 21.7 Å². The van der Waals surface area contributed by atoms with Crippen LogP contribution in [0.3, 0.4) is 0 Å². The lowest BCUT2D eigenvalue weighted by atomic mass is 10.2. The summed E-state index contributed by atoms with van der Waals surface area (Å²) in [5, 5.41) is 3.66. The van der Waals surface area contributed by atoms with Crippen molar-refractivity contribution in [2.45, 2.75) is 6.10 Å². The number of hydrogen-bond donors (Lipinski definition) is 1. The van der Waals surface area contributed by atoms with Crippen molar-refractivity contribution < 1.29 is 4.74 Å². The van der Waals surface area contributed by atoms with E-state index >= 15 is 0 Å². The zero-order valence-corrected chi connectivity index (χ0v) is 11.4. The Balaban J connectivity index is 2.20. The summed E-state index contributed by atoms with van der Waals surface area (Å²) in [6.07, 6.45) is -0.146. The average molecular weight is 276 g/mol. The van der Waals surface area contributed by atoms with Gasteiger partial charge in [0.15, 0.2) is 0 Å². The number of aromatic nitrogens is 3. The van der Waals surface area contributed by atoms with E-state index in [1.54, 1.807) is 19.2 Å². The topological polar surface area (TPSA) is 78.2 Å². The molecule has 7 heteroatoms. The van der Waals surface area contributed by atoms with Crippen LogP contribution in [0.25, 0.3) is 11.0 Å². The molecule has 0 spiro atoms. The van der Waals surface area contributed by atoms with Crippen LogP contribution in [-0.2, 0) is 18.8 Å². The van der Waals surface area contributed by atoms with Gasteiger partial charge in [-0.3, -0.25) is 13.9 Å². The monoisotopic (exact) mass is 276 g/mol. The van der Waals surface area contributed by atoms with Gasteiger partial charge in [0, 0.05) is 27.2 Å². The molecule has 0 aromatic carbocycles. The third kappa shape index (κ3) is 1.95. The van der Waals surface area contributed by atoms with E-state index < -0.39 is 0 Å². The van der Waals surface area contributed by atoms with Gasteiger partial charge in [0.05, 0.1) is 17.7 Å². The van der Waals surface area contributed by atoms with Crippen LogP contribution in [0.1, 0.15) is 11.8 Å². The highest BCUT2D eigenvalue weighted by Gasteiger charge is 2.19. The lowest BCUT2D eigenvalue weighted by molar-refractivity contribution is 0.0252. The number of rotatable bonds is 1. The van der Waals surface area contributed by atoms with E-state index in [2.05, 4.69) is 10.3 Å². The van der Waals surface area contributed by atoms with Crippen LogP contribution in [0.2, 0.25) is 0 Å². The Bertz CT molecular complexity index is 772. The summed E-state index contributed by atoms with van der Waals surface area (Å²) in [5.41, 5.74) is 0.414. The fourth-order valence-corrected chi connectivity index (χ4v) is 2.40. The van der Waals surface area contributed by atoms with Crippen LogP contribution in [-0.4, -0.2) is 33.8 Å². The van der Waals surface area contributed by atoms with Gasteiger partial charge in [-0.2, -0.15) is 0 Å². The second-order valence-electron chi connectivity index (χ2n) is 4.88. The molecule has 1 aliphatic rings. The number of morpholine rings is 1. The normalized spacial score (nSPS) is 19.4. The summed E-state index contributed by atoms with van der Waals surface area (Å²) in [5.74, 6) is 0. The summed E-state index contributed by atoms with van der Waals surface area (Å²) >= 11 is 0. The molecule has 3 heterocycles. The zero-order chi connectivity index (χ0) is 14.3. The molecular weight excluding hydrogens is 260 g/mol. The molecule has 0 aliphatic carbocycles. The molecule has 1 N–H and O–H groups in total. The lowest BCUT2D eigenvalue weighted by Gasteiger charge is -2.23. The average Bonchev–Trinajstić information content (AvgIpc) is 2.51. The predicted octanol–water partition coefficient (Wildman–Crippen LogP) is -0.707. The molecule has 0 amide bonds. The maximum atomic E-state index is 12.1. The molecule has 1 atom stereocenters. The molecular formula is C13H16N4O3. The highest BCUT2D eigenvalue weighted by atomic mass is 16.5. The van der Waals surface area contributed by atoms with E-state index in [0.717, 1.165) is 16.8 Å². The molecule has 0 radical (unpaired) electrons. The highest BCUT2D eigenvalue weighted by Crippen LogP contribution is 2.18. The predicted molar refractivity (Wildman–Crippen MR) is 73.8 cm³/mol. The van der Waals surface area contributed by atoms with Crippen LogP contribution >= 0.6 is 0 Å². The number of hydrogen-bond acceptors (Lipinski definition) is 5. The minimum absolute atomic E-state index is 0.146. The van der Waals surface area contributed by atoms with Crippen LogP contribution in [0.4, 0.5) is 0 Å². The first-order valence-electron chi connectivity index (χ1n) is 6.48. The summed E-state index contributed by atoms with van der Waals surface area (Å²) in [6.45, 7) is 2.13. The van der Waals surface area contributed by atoms with Gasteiger partial charge in [-0.15, -0.1) is 0 Å². The Morgan fingerprint density at radius 2 is 2.10 bits per heavy atom. The molecule has 2 aromatic heterocycles. The van der Waals surface area contributed by atoms with E-state index in [1.807, 2.05) is 0 Å². The van der Waals surface area contributed by atoms with Crippen LogP contribution < -0.4 is 16.6 Å². The number of nitrogens with zero attached hydrogens (tertiary/aromatic N) is 3. The number of aryl methyl sites for hydroxylation is 1. The van der Waals surface area contributed by atoms with Gasteiger partial charge in [-0.1, -0.05) is 0 Å². The third-order valence-electron chi connectivity index (χ3n) is 3.58. The molecule has 3 rings (SSSR count). The van der Waals surface area contributed by atoms with E-state index in [9.17, 15) is 9.59 Å². The Kier molecular flexibility index (Phi) is 3.15. The van der Waals surface area contributed by atoms with Gasteiger partial charge in [0.2, 0.25) is 0 Å². The Hall–Kier alpha value is -1.99. The van der Waals surface area contributed by atoms with E-state index in [4.69, 9.17) is 4.74 Å².